The highest BCUT2D eigenvalue weighted by molar-refractivity contribution is 4.87. The minimum atomic E-state index is 0.608. The summed E-state index contributed by atoms with van der Waals surface area (Å²) in [4.78, 5) is 4.96. The molecule has 1 N–H and O–H groups in total. The van der Waals surface area contributed by atoms with Crippen LogP contribution in [0.3, 0.4) is 0 Å². The molecule has 0 bridgehead atoms. The van der Waals surface area contributed by atoms with Crippen LogP contribution in [0, 0.1) is 5.92 Å². The van der Waals surface area contributed by atoms with Crippen LogP contribution in [0.4, 0.5) is 0 Å². The van der Waals surface area contributed by atoms with Gasteiger partial charge in [-0.3, -0.25) is 0 Å². The molecule has 4 nitrogen and oxygen atoms in total. The van der Waals surface area contributed by atoms with E-state index >= 15 is 0 Å². The van der Waals surface area contributed by atoms with Crippen LogP contribution in [0.15, 0.2) is 0 Å². The summed E-state index contributed by atoms with van der Waals surface area (Å²) in [5, 5.41) is 3.50. The summed E-state index contributed by atoms with van der Waals surface area (Å²) in [7, 11) is 6.58. The van der Waals surface area contributed by atoms with Crippen LogP contribution >= 0.6 is 0 Å². The van der Waals surface area contributed by atoms with E-state index in [4.69, 9.17) is 4.74 Å². The van der Waals surface area contributed by atoms with Crippen molar-refractivity contribution in [1.82, 2.24) is 15.1 Å². The zero-order valence-electron chi connectivity index (χ0n) is 11.5. The summed E-state index contributed by atoms with van der Waals surface area (Å²) in [6.45, 7) is 5.48. The molecule has 0 aromatic rings. The van der Waals surface area contributed by atoms with Gasteiger partial charge in [0.15, 0.2) is 0 Å². The second-order valence-corrected chi connectivity index (χ2v) is 5.65. The number of rotatable bonds is 4. The molecule has 0 aliphatic carbocycles. The van der Waals surface area contributed by atoms with Crippen LogP contribution in [0.25, 0.3) is 0 Å². The third-order valence-corrected chi connectivity index (χ3v) is 4.41. The first-order chi connectivity index (χ1) is 8.20. The molecule has 4 heteroatoms. The largest absolute Gasteiger partial charge is 0.381 e. The lowest BCUT2D eigenvalue weighted by molar-refractivity contribution is 0.0929. The van der Waals surface area contributed by atoms with Crippen molar-refractivity contribution >= 4 is 0 Å². The Labute approximate surface area is 105 Å². The number of hydrogen-bond donors (Lipinski definition) is 1. The molecular formula is C13H27N3O. The van der Waals surface area contributed by atoms with Gasteiger partial charge in [0, 0.05) is 38.3 Å². The highest BCUT2D eigenvalue weighted by atomic mass is 16.5. The highest BCUT2D eigenvalue weighted by Gasteiger charge is 2.30. The van der Waals surface area contributed by atoms with E-state index in [1.165, 1.54) is 32.5 Å². The van der Waals surface area contributed by atoms with Gasteiger partial charge < -0.3 is 19.9 Å². The summed E-state index contributed by atoms with van der Waals surface area (Å²) >= 11 is 0. The number of likely N-dealkylation sites (N-methyl/N-ethyl adjacent to an activating group) is 2. The third kappa shape index (κ3) is 3.41. The molecule has 3 atom stereocenters. The average molecular weight is 241 g/mol. The first kappa shape index (κ1) is 13.3. The fraction of sp³-hybridized carbons (Fsp3) is 1.00. The summed E-state index contributed by atoms with van der Waals surface area (Å²) in [6, 6.07) is 1.29. The molecule has 2 rings (SSSR count). The maximum absolute atomic E-state index is 5.51. The molecule has 0 aromatic heterocycles. The van der Waals surface area contributed by atoms with Crippen LogP contribution in [-0.2, 0) is 4.74 Å². The lowest BCUT2D eigenvalue weighted by atomic mass is 9.92. The van der Waals surface area contributed by atoms with Crippen LogP contribution in [0.5, 0.6) is 0 Å². The number of piperazine rings is 1. The Morgan fingerprint density at radius 3 is 2.82 bits per heavy atom. The Hall–Kier alpha value is -0.160. The molecule has 2 heterocycles. The number of ether oxygens (including phenoxy) is 1. The van der Waals surface area contributed by atoms with E-state index in [1.807, 2.05) is 0 Å². The van der Waals surface area contributed by atoms with Crippen molar-refractivity contribution in [2.45, 2.75) is 24.9 Å². The van der Waals surface area contributed by atoms with E-state index < -0.39 is 0 Å². The number of nitrogens with one attached hydrogen (secondary N) is 1. The Balaban J connectivity index is 1.87. The van der Waals surface area contributed by atoms with Crippen molar-refractivity contribution < 1.29 is 4.74 Å². The fourth-order valence-corrected chi connectivity index (χ4v) is 3.07. The van der Waals surface area contributed by atoms with Gasteiger partial charge in [0.05, 0.1) is 6.61 Å². The Morgan fingerprint density at radius 1 is 1.35 bits per heavy atom. The molecule has 0 amide bonds. The van der Waals surface area contributed by atoms with Gasteiger partial charge in [-0.05, 0) is 39.9 Å². The van der Waals surface area contributed by atoms with Crippen LogP contribution < -0.4 is 5.32 Å². The fourth-order valence-electron chi connectivity index (χ4n) is 3.07. The van der Waals surface area contributed by atoms with E-state index in [-0.39, 0.29) is 0 Å². The molecule has 3 unspecified atom stereocenters. The summed E-state index contributed by atoms with van der Waals surface area (Å²) in [5.74, 6) is 0.709. The second kappa shape index (κ2) is 6.14. The van der Waals surface area contributed by atoms with Gasteiger partial charge in [0.25, 0.3) is 0 Å². The summed E-state index contributed by atoms with van der Waals surface area (Å²) < 4.78 is 5.51. The average Bonchev–Trinajstić information content (AvgIpc) is 2.84. The maximum Gasteiger partial charge on any atom is 0.0510 e. The van der Waals surface area contributed by atoms with E-state index in [2.05, 4.69) is 36.3 Å². The predicted molar refractivity (Wildman–Crippen MR) is 70.3 cm³/mol. The monoisotopic (exact) mass is 241 g/mol. The Morgan fingerprint density at radius 2 is 2.18 bits per heavy atom. The Kier molecular flexibility index (Phi) is 4.79. The zero-order chi connectivity index (χ0) is 12.3. The van der Waals surface area contributed by atoms with Crippen molar-refractivity contribution in [2.24, 2.45) is 5.92 Å². The number of hydrogen-bond acceptors (Lipinski definition) is 4. The van der Waals surface area contributed by atoms with Gasteiger partial charge in [-0.25, -0.2) is 0 Å². The molecule has 2 fully saturated rings. The minimum absolute atomic E-state index is 0.608. The first-order valence-corrected chi connectivity index (χ1v) is 6.84. The topological polar surface area (TPSA) is 27.7 Å². The zero-order valence-corrected chi connectivity index (χ0v) is 11.5. The number of nitrogens with zero attached hydrogens (tertiary/aromatic N) is 2. The molecule has 2 aliphatic heterocycles. The van der Waals surface area contributed by atoms with E-state index in [9.17, 15) is 0 Å². The van der Waals surface area contributed by atoms with Crippen LogP contribution in [0.2, 0.25) is 0 Å². The summed E-state index contributed by atoms with van der Waals surface area (Å²) in [5.41, 5.74) is 0. The van der Waals surface area contributed by atoms with E-state index in [0.29, 0.717) is 18.0 Å². The smallest absolute Gasteiger partial charge is 0.0510 e. The molecule has 0 spiro atoms. The van der Waals surface area contributed by atoms with Crippen molar-refractivity contribution in [3.8, 4) is 0 Å². The molecule has 17 heavy (non-hydrogen) atoms. The van der Waals surface area contributed by atoms with Gasteiger partial charge in [0.2, 0.25) is 0 Å². The van der Waals surface area contributed by atoms with Crippen molar-refractivity contribution in [3.05, 3.63) is 0 Å². The first-order valence-electron chi connectivity index (χ1n) is 6.84. The van der Waals surface area contributed by atoms with Gasteiger partial charge in [-0.15, -0.1) is 0 Å². The maximum atomic E-state index is 5.51. The standard InChI is InChI=1S/C13H27N3O/c1-14-13(11-4-7-17-10-11)8-12-9-15(2)5-6-16(12)3/h11-14H,4-10H2,1-3H3. The van der Waals surface area contributed by atoms with E-state index in [1.54, 1.807) is 0 Å². The lowest BCUT2D eigenvalue weighted by Crippen LogP contribution is -2.52. The van der Waals surface area contributed by atoms with Gasteiger partial charge in [-0.2, -0.15) is 0 Å². The van der Waals surface area contributed by atoms with Crippen molar-refractivity contribution in [3.63, 3.8) is 0 Å². The minimum Gasteiger partial charge on any atom is -0.381 e. The molecule has 100 valence electrons. The van der Waals surface area contributed by atoms with Crippen molar-refractivity contribution in [2.75, 3.05) is 54.0 Å². The van der Waals surface area contributed by atoms with Crippen molar-refractivity contribution in [1.29, 1.82) is 0 Å². The van der Waals surface area contributed by atoms with Crippen LogP contribution in [-0.4, -0.2) is 75.9 Å². The SMILES string of the molecule is CNC(CC1CN(C)CCN1C)C1CCOC1. The van der Waals surface area contributed by atoms with E-state index in [0.717, 1.165) is 13.2 Å². The lowest BCUT2D eigenvalue weighted by Gasteiger charge is -2.40. The highest BCUT2D eigenvalue weighted by Crippen LogP contribution is 2.22. The second-order valence-electron chi connectivity index (χ2n) is 5.65. The normalized spacial score (nSPS) is 34.1. The van der Waals surface area contributed by atoms with Gasteiger partial charge in [-0.1, -0.05) is 0 Å². The Bertz CT molecular complexity index is 231. The third-order valence-electron chi connectivity index (χ3n) is 4.41. The molecule has 0 saturated carbocycles. The predicted octanol–water partition coefficient (Wildman–Crippen LogP) is 0.247. The molecule has 2 saturated heterocycles. The molecule has 0 radical (unpaired) electrons. The molecule has 0 aromatic carbocycles. The summed E-state index contributed by atoms with van der Waals surface area (Å²) in [6.07, 6.45) is 2.46. The van der Waals surface area contributed by atoms with Gasteiger partial charge >= 0.3 is 0 Å². The van der Waals surface area contributed by atoms with Gasteiger partial charge in [0.1, 0.15) is 0 Å². The molecule has 2 aliphatic rings. The quantitative estimate of drug-likeness (QED) is 0.763. The van der Waals surface area contributed by atoms with Crippen LogP contribution in [0.1, 0.15) is 12.8 Å². The molecular weight excluding hydrogens is 214 g/mol.